The number of amides is 1. The zero-order valence-electron chi connectivity index (χ0n) is 20.8. The van der Waals surface area contributed by atoms with E-state index in [0.29, 0.717) is 51.2 Å². The monoisotopic (exact) mass is 533 g/mol. The van der Waals surface area contributed by atoms with Crippen molar-refractivity contribution >= 4 is 17.5 Å². The Kier molecular flexibility index (Phi) is 6.82. The lowest BCUT2D eigenvalue weighted by Crippen LogP contribution is -2.29. The molecule has 4 aromatic rings. The predicted octanol–water partition coefficient (Wildman–Crippen LogP) is 6.20. The molecular formula is C29H25ClFN3O4. The number of aromatic amines is 1. The molecule has 1 aromatic heterocycles. The molecule has 2 heterocycles. The van der Waals surface area contributed by atoms with Gasteiger partial charge in [-0.15, -0.1) is 0 Å². The first kappa shape index (κ1) is 25.4. The fraction of sp³-hybridized carbons (Fsp3) is 0.172. The smallest absolute Gasteiger partial charge is 0.273 e. The Morgan fingerprint density at radius 1 is 1.18 bits per heavy atom. The number of aromatic hydroxyl groups is 1. The van der Waals surface area contributed by atoms with Crippen molar-refractivity contribution in [3.8, 4) is 28.5 Å². The van der Waals surface area contributed by atoms with Gasteiger partial charge in [-0.1, -0.05) is 42.5 Å². The zero-order valence-corrected chi connectivity index (χ0v) is 21.6. The van der Waals surface area contributed by atoms with Gasteiger partial charge in [-0.05, 0) is 60.0 Å². The molecule has 194 valence electrons. The first-order chi connectivity index (χ1) is 18.3. The second-order valence-corrected chi connectivity index (χ2v) is 9.36. The molecule has 1 atom stereocenters. The molecule has 1 amide bonds. The highest BCUT2D eigenvalue weighted by molar-refractivity contribution is 6.31. The first-order valence-corrected chi connectivity index (χ1v) is 12.2. The Morgan fingerprint density at radius 3 is 2.66 bits per heavy atom. The SMILES string of the molecule is C=CCOc1ccc(C2c3c(-c4cc(Cl)c(C)cc4O)n[nH]c3C(=O)N2Cc2ccc(F)cc2)cc1OC. The maximum atomic E-state index is 13.7. The van der Waals surface area contributed by atoms with Gasteiger partial charge >= 0.3 is 0 Å². The first-order valence-electron chi connectivity index (χ1n) is 11.9. The Hall–Kier alpha value is -4.30. The molecule has 3 aromatic carbocycles. The molecule has 0 spiro atoms. The van der Waals surface area contributed by atoms with Crippen molar-refractivity contribution < 1.29 is 23.8 Å². The molecule has 38 heavy (non-hydrogen) atoms. The number of benzene rings is 3. The maximum Gasteiger partial charge on any atom is 0.273 e. The van der Waals surface area contributed by atoms with E-state index in [2.05, 4.69) is 16.8 Å². The van der Waals surface area contributed by atoms with Gasteiger partial charge in [-0.3, -0.25) is 9.89 Å². The number of ether oxygens (including phenoxy) is 2. The van der Waals surface area contributed by atoms with Crippen LogP contribution in [0.4, 0.5) is 4.39 Å². The second kappa shape index (κ2) is 10.2. The van der Waals surface area contributed by atoms with Gasteiger partial charge in [0, 0.05) is 22.7 Å². The van der Waals surface area contributed by atoms with Crippen LogP contribution < -0.4 is 9.47 Å². The molecule has 2 N–H and O–H groups in total. The quantitative estimate of drug-likeness (QED) is 0.263. The number of hydrogen-bond acceptors (Lipinski definition) is 5. The Labute approximate surface area is 224 Å². The molecular weight excluding hydrogens is 509 g/mol. The van der Waals surface area contributed by atoms with E-state index in [0.717, 1.165) is 11.1 Å². The van der Waals surface area contributed by atoms with Crippen molar-refractivity contribution in [3.63, 3.8) is 0 Å². The zero-order chi connectivity index (χ0) is 27.0. The lowest BCUT2D eigenvalue weighted by molar-refractivity contribution is 0.0730. The molecule has 0 saturated heterocycles. The Bertz CT molecular complexity index is 1530. The van der Waals surface area contributed by atoms with Crippen LogP contribution in [0.1, 0.15) is 38.8 Å². The van der Waals surface area contributed by atoms with Gasteiger partial charge in [0.1, 0.15) is 29.6 Å². The summed E-state index contributed by atoms with van der Waals surface area (Å²) in [5, 5.41) is 18.5. The minimum absolute atomic E-state index is 0.00450. The van der Waals surface area contributed by atoms with Gasteiger partial charge in [0.05, 0.1) is 13.2 Å². The number of H-pyrrole nitrogens is 1. The number of aryl methyl sites for hydroxylation is 1. The Morgan fingerprint density at radius 2 is 1.95 bits per heavy atom. The summed E-state index contributed by atoms with van der Waals surface area (Å²) in [5.41, 5.74) is 3.91. The minimum Gasteiger partial charge on any atom is -0.507 e. The summed E-state index contributed by atoms with van der Waals surface area (Å²) >= 11 is 6.39. The number of hydrogen-bond donors (Lipinski definition) is 2. The van der Waals surface area contributed by atoms with Gasteiger partial charge in [0.25, 0.3) is 5.91 Å². The number of nitrogens with one attached hydrogen (secondary N) is 1. The Balaban J connectivity index is 1.67. The molecule has 0 aliphatic carbocycles. The summed E-state index contributed by atoms with van der Waals surface area (Å²) in [6.45, 7) is 5.98. The van der Waals surface area contributed by atoms with Gasteiger partial charge in [0.15, 0.2) is 11.5 Å². The normalized spacial score (nSPS) is 14.5. The highest BCUT2D eigenvalue weighted by atomic mass is 35.5. The van der Waals surface area contributed by atoms with E-state index in [1.165, 1.54) is 19.2 Å². The third kappa shape index (κ3) is 4.48. The third-order valence-electron chi connectivity index (χ3n) is 6.52. The third-order valence-corrected chi connectivity index (χ3v) is 6.93. The summed E-state index contributed by atoms with van der Waals surface area (Å²) < 4.78 is 24.9. The van der Waals surface area contributed by atoms with Gasteiger partial charge in [-0.25, -0.2) is 4.39 Å². The van der Waals surface area contributed by atoms with Crippen molar-refractivity contribution in [2.24, 2.45) is 0 Å². The van der Waals surface area contributed by atoms with Crippen LogP contribution in [0.3, 0.4) is 0 Å². The van der Waals surface area contributed by atoms with Crippen LogP contribution in [0.25, 0.3) is 11.3 Å². The molecule has 0 saturated carbocycles. The minimum atomic E-state index is -0.599. The summed E-state index contributed by atoms with van der Waals surface area (Å²) in [6, 6.07) is 14.0. The number of phenols is 1. The number of halogens is 2. The van der Waals surface area contributed by atoms with Crippen LogP contribution in [0.5, 0.6) is 17.2 Å². The van der Waals surface area contributed by atoms with E-state index in [9.17, 15) is 14.3 Å². The van der Waals surface area contributed by atoms with Crippen LogP contribution in [0.15, 0.2) is 67.3 Å². The molecule has 5 rings (SSSR count). The van der Waals surface area contributed by atoms with Crippen LogP contribution in [0.2, 0.25) is 5.02 Å². The van der Waals surface area contributed by atoms with Gasteiger partial charge < -0.3 is 19.5 Å². The maximum absolute atomic E-state index is 13.7. The average molecular weight is 534 g/mol. The van der Waals surface area contributed by atoms with Crippen LogP contribution in [0, 0.1) is 12.7 Å². The van der Waals surface area contributed by atoms with Crippen molar-refractivity contribution in [1.82, 2.24) is 15.1 Å². The molecule has 0 radical (unpaired) electrons. The number of nitrogens with zero attached hydrogens (tertiary/aromatic N) is 2. The molecule has 1 unspecified atom stereocenters. The van der Waals surface area contributed by atoms with Crippen molar-refractivity contribution in [2.45, 2.75) is 19.5 Å². The van der Waals surface area contributed by atoms with Crippen LogP contribution in [-0.4, -0.2) is 39.8 Å². The lowest BCUT2D eigenvalue weighted by Gasteiger charge is -2.27. The highest BCUT2D eigenvalue weighted by Gasteiger charge is 2.43. The standard InChI is InChI=1S/C29H25ClFN3O4/c1-4-11-38-23-10-7-18(13-24(23)37-3)28-25-26(20-14-21(30)16(2)12-22(20)35)32-33-27(25)29(36)34(28)15-17-5-8-19(31)9-6-17/h4-10,12-14,28,35H,1,11,15H2,2-3H3,(H,32,33). The number of methoxy groups -OCH3 is 1. The summed E-state index contributed by atoms with van der Waals surface area (Å²) in [7, 11) is 1.54. The number of rotatable bonds is 8. The highest BCUT2D eigenvalue weighted by Crippen LogP contribution is 2.47. The average Bonchev–Trinajstić information content (AvgIpc) is 3.45. The van der Waals surface area contributed by atoms with Gasteiger partial charge in [0.2, 0.25) is 0 Å². The fourth-order valence-electron chi connectivity index (χ4n) is 4.68. The van der Waals surface area contributed by atoms with Crippen molar-refractivity contribution in [2.75, 3.05) is 13.7 Å². The number of carbonyl (C=O) groups excluding carboxylic acids is 1. The molecule has 0 bridgehead atoms. The molecule has 7 nitrogen and oxygen atoms in total. The topological polar surface area (TPSA) is 87.7 Å². The largest absolute Gasteiger partial charge is 0.507 e. The predicted molar refractivity (Wildman–Crippen MR) is 142 cm³/mol. The molecule has 9 heteroatoms. The van der Waals surface area contributed by atoms with Gasteiger partial charge in [-0.2, -0.15) is 5.10 Å². The second-order valence-electron chi connectivity index (χ2n) is 8.95. The van der Waals surface area contributed by atoms with Crippen LogP contribution in [-0.2, 0) is 6.54 Å². The van der Waals surface area contributed by atoms with E-state index in [4.69, 9.17) is 21.1 Å². The summed E-state index contributed by atoms with van der Waals surface area (Å²) in [5.74, 6) is 0.368. The molecule has 1 aliphatic rings. The molecule has 0 fully saturated rings. The number of aromatic nitrogens is 2. The molecule has 1 aliphatic heterocycles. The van der Waals surface area contributed by atoms with E-state index < -0.39 is 6.04 Å². The summed E-state index contributed by atoms with van der Waals surface area (Å²) in [6.07, 6.45) is 1.64. The van der Waals surface area contributed by atoms with Crippen molar-refractivity contribution in [3.05, 3.63) is 106 Å². The van der Waals surface area contributed by atoms with E-state index in [1.54, 1.807) is 48.2 Å². The van der Waals surface area contributed by atoms with E-state index in [1.807, 2.05) is 12.1 Å². The number of fused-ring (bicyclic) bond motifs is 1. The fourth-order valence-corrected chi connectivity index (χ4v) is 4.84. The van der Waals surface area contributed by atoms with E-state index >= 15 is 0 Å². The number of phenolic OH excluding ortho intramolecular Hbond substituents is 1. The van der Waals surface area contributed by atoms with E-state index in [-0.39, 0.29) is 24.0 Å². The van der Waals surface area contributed by atoms with Crippen LogP contribution >= 0.6 is 11.6 Å². The summed E-state index contributed by atoms with van der Waals surface area (Å²) in [4.78, 5) is 15.4. The number of carbonyl (C=O) groups is 1. The van der Waals surface area contributed by atoms with Crippen molar-refractivity contribution in [1.29, 1.82) is 0 Å². The lowest BCUT2D eigenvalue weighted by atomic mass is 9.94.